The van der Waals surface area contributed by atoms with Crippen LogP contribution in [-0.4, -0.2) is 24.1 Å². The van der Waals surface area contributed by atoms with Crippen molar-refractivity contribution >= 4 is 11.6 Å². The number of aliphatic hydroxyl groups is 1. The van der Waals surface area contributed by atoms with Gasteiger partial charge >= 0.3 is 0 Å². The van der Waals surface area contributed by atoms with Gasteiger partial charge in [-0.15, -0.1) is 11.6 Å². The van der Waals surface area contributed by atoms with E-state index in [0.29, 0.717) is 12.4 Å². The molecule has 2 N–H and O–H groups in total. The van der Waals surface area contributed by atoms with E-state index in [1.165, 1.54) is 0 Å². The molecule has 0 saturated carbocycles. The zero-order valence-electron chi connectivity index (χ0n) is 8.57. The van der Waals surface area contributed by atoms with Crippen LogP contribution in [0.2, 0.25) is 0 Å². The Hall–Kier alpha value is -0.830. The van der Waals surface area contributed by atoms with E-state index in [1.54, 1.807) is 0 Å². The van der Waals surface area contributed by atoms with Gasteiger partial charge in [-0.05, 0) is 5.56 Å². The first-order valence-electron chi connectivity index (χ1n) is 4.99. The van der Waals surface area contributed by atoms with Crippen LogP contribution in [0.1, 0.15) is 11.7 Å². The third-order valence-corrected chi connectivity index (χ3v) is 2.22. The van der Waals surface area contributed by atoms with Crippen LogP contribution in [0.25, 0.3) is 0 Å². The molecule has 0 bridgehead atoms. The molecule has 1 aromatic carbocycles. The van der Waals surface area contributed by atoms with Gasteiger partial charge in [-0.25, -0.2) is 0 Å². The van der Waals surface area contributed by atoms with Crippen molar-refractivity contribution in [2.24, 2.45) is 0 Å². The minimum absolute atomic E-state index is 0.449. The maximum absolute atomic E-state index is 9.76. The SMILES string of the molecule is OC(CNC/C=C/CCl)c1ccccc1. The first-order chi connectivity index (χ1) is 7.34. The fourth-order valence-corrected chi connectivity index (χ4v) is 1.37. The lowest BCUT2D eigenvalue weighted by atomic mass is 10.1. The van der Waals surface area contributed by atoms with Crippen LogP contribution in [0.15, 0.2) is 42.5 Å². The molecule has 1 unspecified atom stereocenters. The van der Waals surface area contributed by atoms with Gasteiger partial charge in [0.15, 0.2) is 0 Å². The largest absolute Gasteiger partial charge is 0.387 e. The summed E-state index contributed by atoms with van der Waals surface area (Å²) in [5.74, 6) is 0.531. The molecule has 3 heteroatoms. The van der Waals surface area contributed by atoms with Gasteiger partial charge in [-0.1, -0.05) is 42.5 Å². The Balaban J connectivity index is 2.25. The lowest BCUT2D eigenvalue weighted by Crippen LogP contribution is -2.21. The highest BCUT2D eigenvalue weighted by atomic mass is 35.5. The van der Waals surface area contributed by atoms with Crippen LogP contribution < -0.4 is 5.32 Å². The zero-order chi connectivity index (χ0) is 10.9. The Labute approximate surface area is 95.6 Å². The maximum atomic E-state index is 9.76. The molecule has 1 aromatic rings. The number of hydrogen-bond acceptors (Lipinski definition) is 2. The van der Waals surface area contributed by atoms with Crippen LogP contribution in [0.5, 0.6) is 0 Å². The number of nitrogens with one attached hydrogen (secondary N) is 1. The molecule has 2 nitrogen and oxygen atoms in total. The van der Waals surface area contributed by atoms with Crippen LogP contribution in [-0.2, 0) is 0 Å². The number of aliphatic hydroxyl groups excluding tert-OH is 1. The van der Waals surface area contributed by atoms with Gasteiger partial charge in [0.1, 0.15) is 0 Å². The van der Waals surface area contributed by atoms with Crippen LogP contribution >= 0.6 is 11.6 Å². The topological polar surface area (TPSA) is 32.3 Å². The van der Waals surface area contributed by atoms with E-state index in [-0.39, 0.29) is 0 Å². The van der Waals surface area contributed by atoms with Crippen LogP contribution in [0.4, 0.5) is 0 Å². The summed E-state index contributed by atoms with van der Waals surface area (Å²) in [7, 11) is 0. The van der Waals surface area contributed by atoms with Gasteiger partial charge < -0.3 is 10.4 Å². The second-order valence-electron chi connectivity index (χ2n) is 3.21. The van der Waals surface area contributed by atoms with Gasteiger partial charge in [-0.2, -0.15) is 0 Å². The summed E-state index contributed by atoms with van der Waals surface area (Å²) in [5, 5.41) is 12.9. The number of allylic oxidation sites excluding steroid dienone is 1. The Morgan fingerprint density at radius 1 is 1.27 bits per heavy atom. The highest BCUT2D eigenvalue weighted by Crippen LogP contribution is 2.10. The highest BCUT2D eigenvalue weighted by Gasteiger charge is 2.04. The minimum atomic E-state index is -0.449. The third kappa shape index (κ3) is 4.98. The van der Waals surface area contributed by atoms with E-state index in [1.807, 2.05) is 42.5 Å². The van der Waals surface area contributed by atoms with Crippen molar-refractivity contribution in [3.63, 3.8) is 0 Å². The molecule has 0 radical (unpaired) electrons. The molecule has 0 aromatic heterocycles. The van der Waals surface area contributed by atoms with Crippen LogP contribution in [0.3, 0.4) is 0 Å². The molecule has 0 spiro atoms. The van der Waals surface area contributed by atoms with Gasteiger partial charge in [0, 0.05) is 19.0 Å². The first-order valence-corrected chi connectivity index (χ1v) is 5.52. The van der Waals surface area contributed by atoms with Crippen molar-refractivity contribution in [3.05, 3.63) is 48.0 Å². The van der Waals surface area contributed by atoms with Crippen molar-refractivity contribution in [1.29, 1.82) is 0 Å². The summed E-state index contributed by atoms with van der Waals surface area (Å²) >= 11 is 5.47. The smallest absolute Gasteiger partial charge is 0.0914 e. The van der Waals surface area contributed by atoms with Gasteiger partial charge in [0.05, 0.1) is 6.10 Å². The van der Waals surface area contributed by atoms with Crippen molar-refractivity contribution in [2.45, 2.75) is 6.10 Å². The molecule has 1 atom stereocenters. The summed E-state index contributed by atoms with van der Waals surface area (Å²) in [6.07, 6.45) is 3.38. The van der Waals surface area contributed by atoms with Gasteiger partial charge in [-0.3, -0.25) is 0 Å². The van der Waals surface area contributed by atoms with E-state index in [9.17, 15) is 5.11 Å². The second-order valence-corrected chi connectivity index (χ2v) is 3.52. The van der Waals surface area contributed by atoms with Crippen molar-refractivity contribution in [1.82, 2.24) is 5.32 Å². The fourth-order valence-electron chi connectivity index (χ4n) is 1.24. The second kappa shape index (κ2) is 7.46. The molecule has 0 saturated heterocycles. The normalized spacial score (nSPS) is 13.2. The predicted octanol–water partition coefficient (Wildman–Crippen LogP) is 2.10. The summed E-state index contributed by atoms with van der Waals surface area (Å²) in [6, 6.07) is 9.62. The summed E-state index contributed by atoms with van der Waals surface area (Å²) in [5.41, 5.74) is 0.936. The number of halogens is 1. The Bertz CT molecular complexity index is 287. The zero-order valence-corrected chi connectivity index (χ0v) is 9.32. The monoisotopic (exact) mass is 225 g/mol. The van der Waals surface area contributed by atoms with Crippen molar-refractivity contribution in [3.8, 4) is 0 Å². The predicted molar refractivity (Wildman–Crippen MR) is 64.1 cm³/mol. The molecule has 1 rings (SSSR count). The summed E-state index contributed by atoms with van der Waals surface area (Å²) in [6.45, 7) is 1.28. The Morgan fingerprint density at radius 3 is 2.67 bits per heavy atom. The molecular formula is C12H16ClNO. The standard InChI is InChI=1S/C12H16ClNO/c13-8-4-5-9-14-10-12(15)11-6-2-1-3-7-11/h1-7,12,14-15H,8-10H2/b5-4+. The lowest BCUT2D eigenvalue weighted by Gasteiger charge is -2.10. The molecule has 0 amide bonds. The lowest BCUT2D eigenvalue weighted by molar-refractivity contribution is 0.176. The molecule has 0 heterocycles. The quantitative estimate of drug-likeness (QED) is 0.442. The Kier molecular flexibility index (Phi) is 6.09. The molecule has 82 valence electrons. The van der Waals surface area contributed by atoms with E-state index >= 15 is 0 Å². The molecule has 0 aliphatic heterocycles. The van der Waals surface area contributed by atoms with E-state index in [0.717, 1.165) is 12.1 Å². The average Bonchev–Trinajstić information content (AvgIpc) is 2.30. The highest BCUT2D eigenvalue weighted by molar-refractivity contribution is 6.18. The number of benzene rings is 1. The fraction of sp³-hybridized carbons (Fsp3) is 0.333. The average molecular weight is 226 g/mol. The van der Waals surface area contributed by atoms with Gasteiger partial charge in [0.2, 0.25) is 0 Å². The molecule has 0 fully saturated rings. The minimum Gasteiger partial charge on any atom is -0.387 e. The molecule has 0 aliphatic carbocycles. The number of alkyl halides is 1. The Morgan fingerprint density at radius 2 is 2.00 bits per heavy atom. The maximum Gasteiger partial charge on any atom is 0.0914 e. The van der Waals surface area contributed by atoms with Crippen LogP contribution in [0, 0.1) is 0 Å². The van der Waals surface area contributed by atoms with Crippen molar-refractivity contribution < 1.29 is 5.11 Å². The van der Waals surface area contributed by atoms with E-state index < -0.39 is 6.10 Å². The van der Waals surface area contributed by atoms with E-state index in [2.05, 4.69) is 5.32 Å². The van der Waals surface area contributed by atoms with E-state index in [4.69, 9.17) is 11.6 Å². The number of rotatable bonds is 6. The molecule has 15 heavy (non-hydrogen) atoms. The third-order valence-electron chi connectivity index (χ3n) is 2.04. The first kappa shape index (κ1) is 12.2. The van der Waals surface area contributed by atoms with Gasteiger partial charge in [0.25, 0.3) is 0 Å². The molecular weight excluding hydrogens is 210 g/mol. The molecule has 0 aliphatic rings. The summed E-state index contributed by atoms with van der Waals surface area (Å²) < 4.78 is 0. The number of hydrogen-bond donors (Lipinski definition) is 2. The van der Waals surface area contributed by atoms with Crippen molar-refractivity contribution in [2.75, 3.05) is 19.0 Å². The summed E-state index contributed by atoms with van der Waals surface area (Å²) in [4.78, 5) is 0.